The van der Waals surface area contributed by atoms with Gasteiger partial charge in [0.1, 0.15) is 5.82 Å². The van der Waals surface area contributed by atoms with Crippen LogP contribution in [0.5, 0.6) is 0 Å². The van der Waals surface area contributed by atoms with Crippen LogP contribution in [0.4, 0.5) is 0 Å². The van der Waals surface area contributed by atoms with Crippen LogP contribution < -0.4 is 0 Å². The molecule has 11 rings (SSSR count). The van der Waals surface area contributed by atoms with Crippen LogP contribution in [0.15, 0.2) is 186 Å². The second-order valence-electron chi connectivity index (χ2n) is 13.8. The summed E-state index contributed by atoms with van der Waals surface area (Å²) in [4.78, 5) is 7.80. The second kappa shape index (κ2) is 11.4. The third kappa shape index (κ3) is 4.26. The molecule has 0 atom stereocenters. The Balaban J connectivity index is 1.20. The van der Waals surface area contributed by atoms with Gasteiger partial charge in [-0.1, -0.05) is 139 Å². The molecule has 0 saturated heterocycles. The van der Waals surface area contributed by atoms with E-state index in [0.717, 1.165) is 33.7 Å². The largest absolute Gasteiger partial charge is 0.292 e. The van der Waals surface area contributed by atoms with Crippen LogP contribution in [0.2, 0.25) is 0 Å². The minimum absolute atomic E-state index is 0.554. The molecule has 0 amide bonds. The third-order valence-electron chi connectivity index (χ3n) is 11.1. The molecule has 0 bridgehead atoms. The van der Waals surface area contributed by atoms with Gasteiger partial charge in [0.2, 0.25) is 0 Å². The SMILES string of the molecule is N#Cc1ccc(-c2cccc3c2Sc2ccc(-c4nc5ccccc5n4-c4ccc5ccccc5c4)cc2C32c3ccccc3-c3ccccc32)cc1. The van der Waals surface area contributed by atoms with E-state index in [2.05, 4.69) is 174 Å². The molecule has 3 nitrogen and oxygen atoms in total. The van der Waals surface area contributed by atoms with E-state index in [-0.39, 0.29) is 0 Å². The fourth-order valence-electron chi connectivity index (χ4n) is 8.81. The van der Waals surface area contributed by atoms with E-state index < -0.39 is 5.41 Å². The maximum atomic E-state index is 9.54. The predicted octanol–water partition coefficient (Wildman–Crippen LogP) is 12.2. The highest BCUT2D eigenvalue weighted by Gasteiger charge is 2.50. The molecule has 9 aromatic rings. The number of hydrogen-bond donors (Lipinski definition) is 0. The molecule has 2 aliphatic rings. The van der Waals surface area contributed by atoms with Crippen molar-refractivity contribution in [3.63, 3.8) is 0 Å². The number of para-hydroxylation sites is 2. The van der Waals surface area contributed by atoms with Crippen molar-refractivity contribution in [3.05, 3.63) is 204 Å². The summed E-state index contributed by atoms with van der Waals surface area (Å²) in [5.41, 5.74) is 14.2. The lowest BCUT2D eigenvalue weighted by atomic mass is 9.66. The molecule has 0 saturated carbocycles. The first-order valence-electron chi connectivity index (χ1n) is 17.9. The van der Waals surface area contributed by atoms with Gasteiger partial charge < -0.3 is 0 Å². The van der Waals surface area contributed by atoms with Gasteiger partial charge in [-0.05, 0) is 104 Å². The van der Waals surface area contributed by atoms with Crippen molar-refractivity contribution in [3.8, 4) is 45.4 Å². The van der Waals surface area contributed by atoms with Crippen LogP contribution in [0.25, 0.3) is 61.1 Å². The van der Waals surface area contributed by atoms with Crippen LogP contribution in [-0.4, -0.2) is 9.55 Å². The molecule has 1 aliphatic carbocycles. The quantitative estimate of drug-likeness (QED) is 0.185. The van der Waals surface area contributed by atoms with Gasteiger partial charge in [-0.3, -0.25) is 4.57 Å². The molecule has 4 heteroatoms. The van der Waals surface area contributed by atoms with E-state index in [1.807, 2.05) is 23.9 Å². The van der Waals surface area contributed by atoms with E-state index >= 15 is 0 Å². The number of rotatable bonds is 3. The molecule has 246 valence electrons. The lowest BCUT2D eigenvalue weighted by Crippen LogP contribution is -2.32. The van der Waals surface area contributed by atoms with Gasteiger partial charge in [-0.25, -0.2) is 4.98 Å². The van der Waals surface area contributed by atoms with Gasteiger partial charge in [0.15, 0.2) is 0 Å². The van der Waals surface area contributed by atoms with Crippen molar-refractivity contribution in [2.24, 2.45) is 0 Å². The minimum Gasteiger partial charge on any atom is -0.292 e. The second-order valence-corrected chi connectivity index (χ2v) is 14.9. The van der Waals surface area contributed by atoms with Crippen molar-refractivity contribution in [1.29, 1.82) is 5.26 Å². The Hall–Kier alpha value is -6.67. The first-order chi connectivity index (χ1) is 26.2. The van der Waals surface area contributed by atoms with Gasteiger partial charge >= 0.3 is 0 Å². The molecular formula is C49H29N3S. The molecular weight excluding hydrogens is 663 g/mol. The normalized spacial score (nSPS) is 13.3. The Morgan fingerprint density at radius 2 is 1.19 bits per heavy atom. The number of nitrogens with zero attached hydrogens (tertiary/aromatic N) is 3. The molecule has 1 spiro atoms. The molecule has 53 heavy (non-hydrogen) atoms. The highest BCUT2D eigenvalue weighted by Crippen LogP contribution is 2.63. The van der Waals surface area contributed by atoms with Gasteiger partial charge in [-0.15, -0.1) is 0 Å². The van der Waals surface area contributed by atoms with Crippen molar-refractivity contribution in [1.82, 2.24) is 9.55 Å². The number of benzene rings is 8. The maximum Gasteiger partial charge on any atom is 0.145 e. The van der Waals surface area contributed by atoms with Crippen LogP contribution in [0.1, 0.15) is 27.8 Å². The Morgan fingerprint density at radius 3 is 1.98 bits per heavy atom. The molecule has 0 fully saturated rings. The molecule has 1 aliphatic heterocycles. The van der Waals surface area contributed by atoms with Gasteiger partial charge in [0, 0.05) is 21.0 Å². The molecule has 2 heterocycles. The van der Waals surface area contributed by atoms with E-state index in [0.29, 0.717) is 5.56 Å². The van der Waals surface area contributed by atoms with Gasteiger partial charge in [0.25, 0.3) is 0 Å². The lowest BCUT2D eigenvalue weighted by Gasteiger charge is -2.40. The van der Waals surface area contributed by atoms with E-state index in [4.69, 9.17) is 4.98 Å². The zero-order valence-electron chi connectivity index (χ0n) is 28.5. The van der Waals surface area contributed by atoms with Crippen molar-refractivity contribution < 1.29 is 0 Å². The summed E-state index contributed by atoms with van der Waals surface area (Å²) in [5, 5.41) is 11.9. The fraction of sp³-hybridized carbons (Fsp3) is 0.0204. The average molecular weight is 692 g/mol. The van der Waals surface area contributed by atoms with Crippen LogP contribution >= 0.6 is 11.8 Å². The molecule has 0 radical (unpaired) electrons. The third-order valence-corrected chi connectivity index (χ3v) is 12.3. The van der Waals surface area contributed by atoms with Crippen molar-refractivity contribution in [2.45, 2.75) is 15.2 Å². The fourth-order valence-corrected chi connectivity index (χ4v) is 10.1. The van der Waals surface area contributed by atoms with Crippen molar-refractivity contribution in [2.75, 3.05) is 0 Å². The number of nitriles is 1. The number of aromatic nitrogens is 2. The van der Waals surface area contributed by atoms with Gasteiger partial charge in [-0.2, -0.15) is 5.26 Å². The first-order valence-corrected chi connectivity index (χ1v) is 18.7. The summed E-state index contributed by atoms with van der Waals surface area (Å²) >= 11 is 1.84. The lowest BCUT2D eigenvalue weighted by molar-refractivity contribution is 0.723. The topological polar surface area (TPSA) is 41.6 Å². The Kier molecular flexibility index (Phi) is 6.46. The monoisotopic (exact) mass is 691 g/mol. The van der Waals surface area contributed by atoms with Gasteiger partial charge in [0.05, 0.1) is 28.1 Å². The molecule has 0 N–H and O–H groups in total. The molecule has 8 aromatic carbocycles. The highest BCUT2D eigenvalue weighted by atomic mass is 32.2. The van der Waals surface area contributed by atoms with Crippen LogP contribution in [0.3, 0.4) is 0 Å². The summed E-state index contributed by atoms with van der Waals surface area (Å²) in [7, 11) is 0. The average Bonchev–Trinajstić information content (AvgIpc) is 3.75. The zero-order chi connectivity index (χ0) is 35.1. The summed E-state index contributed by atoms with van der Waals surface area (Å²) in [6, 6.07) is 65.5. The number of fused-ring (bicyclic) bond motifs is 11. The Morgan fingerprint density at radius 1 is 0.528 bits per heavy atom. The summed E-state index contributed by atoms with van der Waals surface area (Å²) < 4.78 is 2.32. The predicted molar refractivity (Wildman–Crippen MR) is 216 cm³/mol. The first kappa shape index (κ1) is 30.0. The summed E-state index contributed by atoms with van der Waals surface area (Å²) in [6.45, 7) is 0. The smallest absolute Gasteiger partial charge is 0.145 e. The molecule has 0 unspecified atom stereocenters. The van der Waals surface area contributed by atoms with E-state index in [1.54, 1.807) is 0 Å². The standard InChI is InChI=1S/C49H29N3S/c50-30-31-20-22-33(23-21-31)37-14-9-17-42-47(37)53-46-27-25-35(29-43(46)49(42)40-15-5-3-12-38(40)39-13-4-6-16-41(39)49)48-51-44-18-7-8-19-45(44)52(48)36-26-24-32-10-1-2-11-34(32)28-36/h1-29H. The Labute approximate surface area is 311 Å². The molecule has 1 aromatic heterocycles. The zero-order valence-corrected chi connectivity index (χ0v) is 29.3. The highest BCUT2D eigenvalue weighted by molar-refractivity contribution is 7.99. The summed E-state index contributed by atoms with van der Waals surface area (Å²) in [6.07, 6.45) is 0. The minimum atomic E-state index is -0.554. The van der Waals surface area contributed by atoms with E-state index in [9.17, 15) is 5.26 Å². The summed E-state index contributed by atoms with van der Waals surface area (Å²) in [5.74, 6) is 0.918. The van der Waals surface area contributed by atoms with Crippen LogP contribution in [0, 0.1) is 11.3 Å². The van der Waals surface area contributed by atoms with Crippen LogP contribution in [-0.2, 0) is 5.41 Å². The van der Waals surface area contributed by atoms with Crippen molar-refractivity contribution >= 4 is 33.6 Å². The maximum absolute atomic E-state index is 9.54. The Bertz CT molecular complexity index is 2960. The number of hydrogen-bond acceptors (Lipinski definition) is 3. The van der Waals surface area contributed by atoms with E-state index in [1.165, 1.54) is 59.5 Å². The number of imidazole rings is 1.